The molecule has 1 aromatic carbocycles. The number of methoxy groups -OCH3 is 1. The number of carboxylic acids is 1. The lowest BCUT2D eigenvalue weighted by molar-refractivity contribution is -0.149. The molecular formula is C15H21NO5. The van der Waals surface area contributed by atoms with Gasteiger partial charge in [0.05, 0.1) is 24.4 Å². The van der Waals surface area contributed by atoms with Crippen molar-refractivity contribution in [2.24, 2.45) is 0 Å². The number of rotatable bonds is 5. The highest BCUT2D eigenvalue weighted by Gasteiger charge is 2.30. The van der Waals surface area contributed by atoms with E-state index in [1.54, 1.807) is 39.0 Å². The molecule has 0 heterocycles. The molecule has 0 aliphatic rings. The number of anilines is 1. The van der Waals surface area contributed by atoms with Gasteiger partial charge in [0.25, 0.3) is 0 Å². The third kappa shape index (κ3) is 3.80. The molecule has 116 valence electrons. The summed E-state index contributed by atoms with van der Waals surface area (Å²) in [5, 5.41) is 19.0. The zero-order valence-electron chi connectivity index (χ0n) is 12.7. The maximum atomic E-state index is 12.1. The van der Waals surface area contributed by atoms with E-state index in [1.165, 1.54) is 12.0 Å². The Kier molecular flexibility index (Phi) is 5.87. The van der Waals surface area contributed by atoms with Gasteiger partial charge in [0.1, 0.15) is 0 Å². The number of para-hydroxylation sites is 1. The van der Waals surface area contributed by atoms with Crippen LogP contribution in [0.1, 0.15) is 31.1 Å². The van der Waals surface area contributed by atoms with Gasteiger partial charge in [-0.1, -0.05) is 18.2 Å². The number of ether oxygens (including phenoxy) is 1. The second-order valence-corrected chi connectivity index (χ2v) is 4.97. The van der Waals surface area contributed by atoms with Gasteiger partial charge in [-0.05, 0) is 26.3 Å². The second kappa shape index (κ2) is 7.19. The van der Waals surface area contributed by atoms with Crippen molar-refractivity contribution in [3.05, 3.63) is 29.3 Å². The minimum Gasteiger partial charge on any atom is -0.474 e. The van der Waals surface area contributed by atoms with E-state index in [0.29, 0.717) is 16.8 Å². The summed E-state index contributed by atoms with van der Waals surface area (Å²) >= 11 is 0. The number of aryl methyl sites for hydroxylation is 1. The lowest BCUT2D eigenvalue weighted by atomic mass is 10.0. The van der Waals surface area contributed by atoms with Crippen LogP contribution < -0.4 is 4.90 Å². The molecule has 0 radical (unpaired) electrons. The van der Waals surface area contributed by atoms with Gasteiger partial charge in [-0.3, -0.25) is 9.69 Å². The van der Waals surface area contributed by atoms with Crippen molar-refractivity contribution in [3.8, 4) is 0 Å². The fraction of sp³-hybridized carbons (Fsp3) is 0.467. The molecule has 0 fully saturated rings. The van der Waals surface area contributed by atoms with Gasteiger partial charge in [-0.15, -0.1) is 0 Å². The summed E-state index contributed by atoms with van der Waals surface area (Å²) in [6, 6.07) is 4.72. The zero-order valence-corrected chi connectivity index (χ0v) is 12.7. The normalized spacial score (nSPS) is 13.6. The van der Waals surface area contributed by atoms with Gasteiger partial charge >= 0.3 is 11.9 Å². The molecule has 1 aromatic rings. The minimum atomic E-state index is -1.54. The summed E-state index contributed by atoms with van der Waals surface area (Å²) in [6.07, 6.45) is -0.821. The zero-order chi connectivity index (χ0) is 16.2. The van der Waals surface area contributed by atoms with Crippen LogP contribution in [0.3, 0.4) is 0 Å². The van der Waals surface area contributed by atoms with Gasteiger partial charge in [0.15, 0.2) is 0 Å². The molecule has 6 nitrogen and oxygen atoms in total. The summed E-state index contributed by atoms with van der Waals surface area (Å²) in [4.78, 5) is 24.4. The first-order chi connectivity index (χ1) is 9.81. The summed E-state index contributed by atoms with van der Waals surface area (Å²) in [5.41, 5.74) is 1.64. The fourth-order valence-corrected chi connectivity index (χ4v) is 2.29. The van der Waals surface area contributed by atoms with Crippen LogP contribution in [0.15, 0.2) is 18.2 Å². The number of nitrogens with zero attached hydrogens (tertiary/aromatic N) is 1. The van der Waals surface area contributed by atoms with Gasteiger partial charge in [-0.2, -0.15) is 0 Å². The smallest absolute Gasteiger partial charge is 0.394 e. The van der Waals surface area contributed by atoms with Crippen molar-refractivity contribution in [2.75, 3.05) is 18.6 Å². The average Bonchev–Trinajstić information content (AvgIpc) is 2.40. The van der Waals surface area contributed by atoms with Crippen molar-refractivity contribution < 1.29 is 24.5 Å². The van der Waals surface area contributed by atoms with E-state index in [1.807, 2.05) is 0 Å². The molecule has 21 heavy (non-hydrogen) atoms. The number of carbonyl (C=O) groups is 2. The largest absolute Gasteiger partial charge is 0.474 e. The molecule has 0 bridgehead atoms. The third-order valence-corrected chi connectivity index (χ3v) is 3.21. The monoisotopic (exact) mass is 295 g/mol. The molecule has 1 rings (SSSR count). The molecule has 0 saturated heterocycles. The second-order valence-electron chi connectivity index (χ2n) is 4.97. The van der Waals surface area contributed by atoms with Crippen LogP contribution in [0.4, 0.5) is 5.69 Å². The maximum absolute atomic E-state index is 12.1. The average molecular weight is 295 g/mol. The van der Waals surface area contributed by atoms with Crippen LogP contribution in [0.2, 0.25) is 0 Å². The molecule has 0 aliphatic carbocycles. The first kappa shape index (κ1) is 17.1. The topological polar surface area (TPSA) is 87.1 Å². The number of aliphatic hydroxyl groups excluding tert-OH is 1. The van der Waals surface area contributed by atoms with E-state index in [-0.39, 0.29) is 6.61 Å². The minimum absolute atomic E-state index is 0.187. The Morgan fingerprint density at radius 1 is 1.33 bits per heavy atom. The highest BCUT2D eigenvalue weighted by Crippen LogP contribution is 2.31. The Bertz CT molecular complexity index is 527. The number of carbonyl (C=O) groups excluding carboxylic acids is 1. The Morgan fingerprint density at radius 2 is 1.95 bits per heavy atom. The maximum Gasteiger partial charge on any atom is 0.394 e. The first-order valence-electron chi connectivity index (χ1n) is 6.64. The predicted octanol–water partition coefficient (Wildman–Crippen LogP) is 1.50. The number of aliphatic carboxylic acids is 1. The van der Waals surface area contributed by atoms with Crippen molar-refractivity contribution in [1.29, 1.82) is 0 Å². The molecule has 2 atom stereocenters. The molecule has 1 amide bonds. The molecule has 0 aliphatic heterocycles. The molecular weight excluding hydrogens is 274 g/mol. The Labute approximate surface area is 124 Å². The van der Waals surface area contributed by atoms with Crippen LogP contribution >= 0.6 is 0 Å². The van der Waals surface area contributed by atoms with E-state index in [9.17, 15) is 14.7 Å². The van der Waals surface area contributed by atoms with E-state index < -0.39 is 24.0 Å². The third-order valence-electron chi connectivity index (χ3n) is 3.21. The van der Waals surface area contributed by atoms with Crippen LogP contribution in [0, 0.1) is 6.92 Å². The summed E-state index contributed by atoms with van der Waals surface area (Å²) in [6.45, 7) is 5.22. The summed E-state index contributed by atoms with van der Waals surface area (Å²) in [7, 11) is 1.48. The van der Waals surface area contributed by atoms with Crippen molar-refractivity contribution in [2.45, 2.75) is 32.9 Å². The molecule has 0 spiro atoms. The number of carboxylic acid groups (broad SMARTS) is 1. The number of hydrogen-bond acceptors (Lipinski definition) is 4. The number of hydrogen-bond donors (Lipinski definition) is 2. The van der Waals surface area contributed by atoms with E-state index >= 15 is 0 Å². The van der Waals surface area contributed by atoms with E-state index in [0.717, 1.165) is 0 Å². The quantitative estimate of drug-likeness (QED) is 0.804. The standard InChI is InChI=1S/C15H21NO5/c1-9-6-5-7-12(11(3)17)13(9)16(10(2)8-21-4)14(18)15(19)20/h5-7,10-11,17H,8H2,1-4H3,(H,19,20)/t10-,11-/m0/s1. The van der Waals surface area contributed by atoms with Crippen molar-refractivity contribution in [1.82, 2.24) is 0 Å². The summed E-state index contributed by atoms with van der Waals surface area (Å²) in [5.74, 6) is -2.59. The van der Waals surface area contributed by atoms with Gasteiger partial charge in [-0.25, -0.2) is 4.79 Å². The Balaban J connectivity index is 3.45. The summed E-state index contributed by atoms with van der Waals surface area (Å²) < 4.78 is 5.03. The SMILES string of the molecule is COC[C@H](C)N(C(=O)C(=O)O)c1c(C)cccc1[C@H](C)O. The number of benzene rings is 1. The van der Waals surface area contributed by atoms with Crippen LogP contribution in [0.25, 0.3) is 0 Å². The first-order valence-corrected chi connectivity index (χ1v) is 6.64. The van der Waals surface area contributed by atoms with Crippen LogP contribution in [-0.2, 0) is 14.3 Å². The highest BCUT2D eigenvalue weighted by molar-refractivity contribution is 6.37. The lowest BCUT2D eigenvalue weighted by Crippen LogP contribution is -2.45. The fourth-order valence-electron chi connectivity index (χ4n) is 2.29. The number of amides is 1. The van der Waals surface area contributed by atoms with Gasteiger partial charge in [0.2, 0.25) is 0 Å². The van der Waals surface area contributed by atoms with Crippen LogP contribution in [-0.4, -0.2) is 41.8 Å². The van der Waals surface area contributed by atoms with Crippen molar-refractivity contribution in [3.63, 3.8) is 0 Å². The molecule has 0 aromatic heterocycles. The molecule has 2 N–H and O–H groups in total. The van der Waals surface area contributed by atoms with E-state index in [2.05, 4.69) is 0 Å². The van der Waals surface area contributed by atoms with Crippen LogP contribution in [0.5, 0.6) is 0 Å². The lowest BCUT2D eigenvalue weighted by Gasteiger charge is -2.31. The predicted molar refractivity (Wildman–Crippen MR) is 78.3 cm³/mol. The molecule has 0 unspecified atom stereocenters. The highest BCUT2D eigenvalue weighted by atomic mass is 16.5. The Morgan fingerprint density at radius 3 is 2.43 bits per heavy atom. The number of aliphatic hydroxyl groups is 1. The van der Waals surface area contributed by atoms with Crippen molar-refractivity contribution >= 4 is 17.6 Å². The van der Waals surface area contributed by atoms with Gasteiger partial charge < -0.3 is 14.9 Å². The molecule has 6 heteroatoms. The van der Waals surface area contributed by atoms with E-state index in [4.69, 9.17) is 9.84 Å². The molecule has 0 saturated carbocycles. The Hall–Kier alpha value is -1.92. The van der Waals surface area contributed by atoms with Gasteiger partial charge in [0, 0.05) is 12.7 Å².